The standard InChI is InChI=1S/C20H33FN6.HI/c1-24(2)18-7-10-25(11-8-18)12-9-23-20(22)27-15-13-26(14-16-27)19-5-3-17(21)4-6-19;/h3-6,18H,7-16H2,1-2H3,(H2,22,23);1H. The van der Waals surface area contributed by atoms with Crippen molar-refractivity contribution in [2.24, 2.45) is 10.7 Å². The van der Waals surface area contributed by atoms with Crippen LogP contribution >= 0.6 is 24.0 Å². The molecule has 2 heterocycles. The van der Waals surface area contributed by atoms with E-state index in [9.17, 15) is 4.39 Å². The molecular formula is C20H34FIN6. The van der Waals surface area contributed by atoms with E-state index in [1.54, 1.807) is 0 Å². The van der Waals surface area contributed by atoms with Gasteiger partial charge in [-0.15, -0.1) is 24.0 Å². The van der Waals surface area contributed by atoms with Crippen LogP contribution in [0.1, 0.15) is 12.8 Å². The summed E-state index contributed by atoms with van der Waals surface area (Å²) in [5.41, 5.74) is 7.28. The highest BCUT2D eigenvalue weighted by molar-refractivity contribution is 14.0. The number of aliphatic imine (C=N–C) groups is 1. The molecule has 2 aliphatic rings. The molecule has 0 aliphatic carbocycles. The van der Waals surface area contributed by atoms with Crippen molar-refractivity contribution in [3.63, 3.8) is 0 Å². The van der Waals surface area contributed by atoms with E-state index >= 15 is 0 Å². The van der Waals surface area contributed by atoms with Crippen molar-refractivity contribution >= 4 is 35.6 Å². The maximum absolute atomic E-state index is 13.1. The number of hydrogen-bond acceptors (Lipinski definition) is 4. The quantitative estimate of drug-likeness (QED) is 0.377. The second kappa shape index (κ2) is 11.2. The molecule has 8 heteroatoms. The smallest absolute Gasteiger partial charge is 0.191 e. The lowest BCUT2D eigenvalue weighted by Gasteiger charge is -2.37. The zero-order valence-electron chi connectivity index (χ0n) is 17.1. The van der Waals surface area contributed by atoms with Gasteiger partial charge in [-0.2, -0.15) is 0 Å². The van der Waals surface area contributed by atoms with Gasteiger partial charge in [0.15, 0.2) is 5.96 Å². The lowest BCUT2D eigenvalue weighted by molar-refractivity contribution is 0.148. The van der Waals surface area contributed by atoms with Gasteiger partial charge in [0, 0.05) is 44.5 Å². The summed E-state index contributed by atoms with van der Waals surface area (Å²) in [5, 5.41) is 0. The predicted molar refractivity (Wildman–Crippen MR) is 125 cm³/mol. The molecule has 6 nitrogen and oxygen atoms in total. The first kappa shape index (κ1) is 23.2. The third-order valence-electron chi connectivity index (χ3n) is 5.77. The summed E-state index contributed by atoms with van der Waals surface area (Å²) in [6.07, 6.45) is 2.47. The van der Waals surface area contributed by atoms with Crippen LogP contribution in [0.3, 0.4) is 0 Å². The van der Waals surface area contributed by atoms with Gasteiger partial charge in [-0.1, -0.05) is 0 Å². The lowest BCUT2D eigenvalue weighted by Crippen LogP contribution is -2.51. The molecule has 28 heavy (non-hydrogen) atoms. The van der Waals surface area contributed by atoms with E-state index in [1.165, 1.54) is 25.0 Å². The first-order chi connectivity index (χ1) is 13.0. The molecule has 2 fully saturated rings. The number of halogens is 2. The van der Waals surface area contributed by atoms with Crippen LogP contribution in [0, 0.1) is 5.82 Å². The van der Waals surface area contributed by atoms with E-state index in [4.69, 9.17) is 5.73 Å². The van der Waals surface area contributed by atoms with Gasteiger partial charge in [0.1, 0.15) is 5.82 Å². The van der Waals surface area contributed by atoms with E-state index in [-0.39, 0.29) is 29.8 Å². The van der Waals surface area contributed by atoms with Gasteiger partial charge in [0.25, 0.3) is 0 Å². The number of likely N-dealkylation sites (tertiary alicyclic amines) is 1. The number of hydrogen-bond donors (Lipinski definition) is 1. The Kier molecular flexibility index (Phi) is 9.23. The third-order valence-corrected chi connectivity index (χ3v) is 5.77. The third kappa shape index (κ3) is 6.45. The molecule has 3 rings (SSSR count). The van der Waals surface area contributed by atoms with Gasteiger partial charge >= 0.3 is 0 Å². The highest BCUT2D eigenvalue weighted by atomic mass is 127. The molecule has 158 valence electrons. The minimum atomic E-state index is -0.195. The summed E-state index contributed by atoms with van der Waals surface area (Å²) in [6.45, 7) is 7.48. The summed E-state index contributed by atoms with van der Waals surface area (Å²) in [7, 11) is 4.34. The number of piperidine rings is 1. The number of guanidine groups is 1. The second-order valence-corrected chi connectivity index (χ2v) is 7.73. The molecule has 2 N–H and O–H groups in total. The van der Waals surface area contributed by atoms with Crippen LogP contribution in [0.15, 0.2) is 29.3 Å². The Morgan fingerprint density at radius 1 is 1.07 bits per heavy atom. The molecule has 0 aromatic heterocycles. The summed E-state index contributed by atoms with van der Waals surface area (Å²) < 4.78 is 13.1. The van der Waals surface area contributed by atoms with Crippen LogP contribution in [-0.2, 0) is 0 Å². The fraction of sp³-hybridized carbons (Fsp3) is 0.650. The van der Waals surface area contributed by atoms with E-state index in [1.807, 2.05) is 12.1 Å². The Balaban J connectivity index is 0.00000280. The molecule has 0 atom stereocenters. The normalized spacial score (nSPS) is 19.8. The van der Waals surface area contributed by atoms with Gasteiger partial charge in [-0.3, -0.25) is 4.99 Å². The Morgan fingerprint density at radius 2 is 1.68 bits per heavy atom. The van der Waals surface area contributed by atoms with Crippen LogP contribution in [-0.4, -0.2) is 93.2 Å². The molecule has 0 amide bonds. The van der Waals surface area contributed by atoms with E-state index < -0.39 is 0 Å². The highest BCUT2D eigenvalue weighted by Crippen LogP contribution is 2.17. The molecule has 2 saturated heterocycles. The zero-order chi connectivity index (χ0) is 19.2. The van der Waals surface area contributed by atoms with Crippen molar-refractivity contribution in [3.05, 3.63) is 30.1 Å². The Morgan fingerprint density at radius 3 is 2.25 bits per heavy atom. The number of piperazine rings is 1. The van der Waals surface area contributed by atoms with Gasteiger partial charge in [-0.05, 0) is 64.3 Å². The van der Waals surface area contributed by atoms with Crippen molar-refractivity contribution < 1.29 is 4.39 Å². The number of rotatable bonds is 5. The monoisotopic (exact) mass is 504 g/mol. The molecule has 1 aromatic rings. The van der Waals surface area contributed by atoms with Crippen molar-refractivity contribution in [2.75, 3.05) is 71.4 Å². The fourth-order valence-corrected chi connectivity index (χ4v) is 3.91. The molecule has 0 unspecified atom stereocenters. The van der Waals surface area contributed by atoms with Crippen molar-refractivity contribution in [1.29, 1.82) is 0 Å². The van der Waals surface area contributed by atoms with Gasteiger partial charge in [0.05, 0.1) is 6.54 Å². The number of anilines is 1. The first-order valence-corrected chi connectivity index (χ1v) is 9.97. The highest BCUT2D eigenvalue weighted by Gasteiger charge is 2.21. The molecule has 1 aromatic carbocycles. The molecule has 0 spiro atoms. The maximum atomic E-state index is 13.1. The topological polar surface area (TPSA) is 51.3 Å². The largest absolute Gasteiger partial charge is 0.370 e. The summed E-state index contributed by atoms with van der Waals surface area (Å²) in [4.78, 5) is 13.8. The van der Waals surface area contributed by atoms with E-state index in [0.717, 1.165) is 58.0 Å². The number of nitrogens with zero attached hydrogens (tertiary/aromatic N) is 5. The van der Waals surface area contributed by atoms with Crippen LogP contribution in [0.2, 0.25) is 0 Å². The summed E-state index contributed by atoms with van der Waals surface area (Å²) >= 11 is 0. The molecule has 2 aliphatic heterocycles. The van der Waals surface area contributed by atoms with Crippen LogP contribution in [0.5, 0.6) is 0 Å². The summed E-state index contributed by atoms with van der Waals surface area (Å²) in [5.74, 6) is 0.455. The van der Waals surface area contributed by atoms with Crippen molar-refractivity contribution in [1.82, 2.24) is 14.7 Å². The average Bonchev–Trinajstić information content (AvgIpc) is 2.69. The maximum Gasteiger partial charge on any atom is 0.191 e. The fourth-order valence-electron chi connectivity index (χ4n) is 3.91. The lowest BCUT2D eigenvalue weighted by atomic mass is 10.0. The molecule has 0 bridgehead atoms. The van der Waals surface area contributed by atoms with Crippen LogP contribution in [0.25, 0.3) is 0 Å². The SMILES string of the molecule is CN(C)C1CCN(CCN=C(N)N2CCN(c3ccc(F)cc3)CC2)CC1.I. The minimum Gasteiger partial charge on any atom is -0.370 e. The van der Waals surface area contributed by atoms with Crippen molar-refractivity contribution in [2.45, 2.75) is 18.9 Å². The van der Waals surface area contributed by atoms with Gasteiger partial charge in [0.2, 0.25) is 0 Å². The summed E-state index contributed by atoms with van der Waals surface area (Å²) in [6, 6.07) is 7.41. The average molecular weight is 504 g/mol. The molecular weight excluding hydrogens is 470 g/mol. The van der Waals surface area contributed by atoms with E-state index in [0.29, 0.717) is 12.0 Å². The molecule has 0 saturated carbocycles. The van der Waals surface area contributed by atoms with Crippen molar-refractivity contribution in [3.8, 4) is 0 Å². The minimum absolute atomic E-state index is 0. The Hall–Kier alpha value is -1.13. The number of nitrogens with two attached hydrogens (primary N) is 1. The number of benzene rings is 1. The Bertz CT molecular complexity index is 608. The Labute approximate surface area is 185 Å². The van der Waals surface area contributed by atoms with E-state index in [2.05, 4.69) is 38.7 Å². The van der Waals surface area contributed by atoms with Crippen LogP contribution < -0.4 is 10.6 Å². The van der Waals surface area contributed by atoms with Crippen LogP contribution in [0.4, 0.5) is 10.1 Å². The zero-order valence-corrected chi connectivity index (χ0v) is 19.4. The van der Waals surface area contributed by atoms with Gasteiger partial charge in [-0.25, -0.2) is 4.39 Å². The van der Waals surface area contributed by atoms with Gasteiger partial charge < -0.3 is 25.3 Å². The first-order valence-electron chi connectivity index (χ1n) is 9.97. The molecule has 0 radical (unpaired) electrons. The second-order valence-electron chi connectivity index (χ2n) is 7.73. The predicted octanol–water partition coefficient (Wildman–Crippen LogP) is 1.91.